The first kappa shape index (κ1) is 14.3. The summed E-state index contributed by atoms with van der Waals surface area (Å²) in [6.07, 6.45) is 1.08. The van der Waals surface area contributed by atoms with Gasteiger partial charge in [0.25, 0.3) is 0 Å². The fourth-order valence-corrected chi connectivity index (χ4v) is 2.41. The summed E-state index contributed by atoms with van der Waals surface area (Å²) in [5.74, 6) is -0.232. The third-order valence-corrected chi connectivity index (χ3v) is 3.38. The normalized spacial score (nSPS) is 10.8. The van der Waals surface area contributed by atoms with E-state index in [1.807, 2.05) is 13.0 Å². The first-order valence-corrected chi connectivity index (χ1v) is 6.90. The van der Waals surface area contributed by atoms with Gasteiger partial charge in [0.15, 0.2) is 0 Å². The smallest absolute Gasteiger partial charge is 0.335 e. The Morgan fingerprint density at radius 3 is 2.25 bits per heavy atom. The topological polar surface area (TPSA) is 37.3 Å². The van der Waals surface area contributed by atoms with E-state index in [1.54, 1.807) is 12.1 Å². The number of carbonyl (C=O) groups is 1. The van der Waals surface area contributed by atoms with E-state index in [0.717, 1.165) is 23.1 Å². The molecule has 1 N–H and O–H groups in total. The molecule has 0 aliphatic heterocycles. The molecule has 2 aromatic carbocycles. The van der Waals surface area contributed by atoms with Gasteiger partial charge in [-0.25, -0.2) is 4.79 Å². The first-order chi connectivity index (χ1) is 9.47. The van der Waals surface area contributed by atoms with Crippen LogP contribution in [0.15, 0.2) is 42.5 Å². The molecule has 20 heavy (non-hydrogen) atoms. The molecule has 0 unspecified atom stereocenters. The van der Waals surface area contributed by atoms with Gasteiger partial charge in [-0.3, -0.25) is 0 Å². The summed E-state index contributed by atoms with van der Waals surface area (Å²) in [4.78, 5) is 10.9. The molecular formula is C18H20O2. The van der Waals surface area contributed by atoms with Crippen LogP contribution in [0, 0.1) is 12.8 Å². The molecule has 2 aromatic rings. The number of aryl methyl sites for hydroxylation is 1. The van der Waals surface area contributed by atoms with Gasteiger partial charge in [0.1, 0.15) is 0 Å². The van der Waals surface area contributed by atoms with Crippen molar-refractivity contribution in [1.82, 2.24) is 0 Å². The van der Waals surface area contributed by atoms with E-state index in [1.165, 1.54) is 5.56 Å². The van der Waals surface area contributed by atoms with E-state index in [0.29, 0.717) is 11.5 Å². The Kier molecular flexibility index (Phi) is 4.23. The highest BCUT2D eigenvalue weighted by Crippen LogP contribution is 2.25. The van der Waals surface area contributed by atoms with Gasteiger partial charge in [0.2, 0.25) is 0 Å². The SMILES string of the molecule is Cc1cc(C(=O)O)ccc1-c1ccc(CC(C)C)cc1. The Hall–Kier alpha value is -2.09. The Morgan fingerprint density at radius 2 is 1.75 bits per heavy atom. The second-order valence-corrected chi connectivity index (χ2v) is 5.63. The van der Waals surface area contributed by atoms with Crippen molar-refractivity contribution in [2.75, 3.05) is 0 Å². The van der Waals surface area contributed by atoms with Gasteiger partial charge in [-0.2, -0.15) is 0 Å². The van der Waals surface area contributed by atoms with Gasteiger partial charge in [-0.15, -0.1) is 0 Å². The number of carboxylic acid groups (broad SMARTS) is 1. The molecule has 0 aliphatic carbocycles. The van der Waals surface area contributed by atoms with E-state index in [2.05, 4.69) is 38.1 Å². The van der Waals surface area contributed by atoms with Crippen molar-refractivity contribution in [3.63, 3.8) is 0 Å². The zero-order chi connectivity index (χ0) is 14.7. The molecule has 2 nitrogen and oxygen atoms in total. The predicted octanol–water partition coefficient (Wildman–Crippen LogP) is 4.56. The average molecular weight is 268 g/mol. The maximum atomic E-state index is 10.9. The van der Waals surface area contributed by atoms with Crippen LogP contribution in [0.2, 0.25) is 0 Å². The standard InChI is InChI=1S/C18H20O2/c1-12(2)10-14-4-6-15(7-5-14)17-9-8-16(18(19)20)11-13(17)3/h4-9,11-12H,10H2,1-3H3,(H,19,20). The number of carboxylic acids is 1. The van der Waals surface area contributed by atoms with E-state index in [9.17, 15) is 4.79 Å². The van der Waals surface area contributed by atoms with Crippen molar-refractivity contribution in [3.05, 3.63) is 59.2 Å². The lowest BCUT2D eigenvalue weighted by Crippen LogP contribution is -1.97. The average Bonchev–Trinajstić information content (AvgIpc) is 2.39. The summed E-state index contributed by atoms with van der Waals surface area (Å²) >= 11 is 0. The monoisotopic (exact) mass is 268 g/mol. The lowest BCUT2D eigenvalue weighted by Gasteiger charge is -2.09. The van der Waals surface area contributed by atoms with Crippen LogP contribution >= 0.6 is 0 Å². The predicted molar refractivity (Wildman–Crippen MR) is 82.1 cm³/mol. The summed E-state index contributed by atoms with van der Waals surface area (Å²) in [6, 6.07) is 13.8. The number of hydrogen-bond acceptors (Lipinski definition) is 1. The Morgan fingerprint density at radius 1 is 1.10 bits per heavy atom. The molecule has 0 heterocycles. The molecule has 2 rings (SSSR count). The van der Waals surface area contributed by atoms with E-state index in [4.69, 9.17) is 5.11 Å². The minimum absolute atomic E-state index is 0.336. The van der Waals surface area contributed by atoms with Crippen LogP contribution in [0.1, 0.15) is 35.3 Å². The van der Waals surface area contributed by atoms with Gasteiger partial charge in [-0.05, 0) is 53.6 Å². The Labute approximate surface area is 120 Å². The van der Waals surface area contributed by atoms with Crippen LogP contribution in [0.5, 0.6) is 0 Å². The maximum absolute atomic E-state index is 10.9. The summed E-state index contributed by atoms with van der Waals surface area (Å²) in [6.45, 7) is 6.37. The lowest BCUT2D eigenvalue weighted by molar-refractivity contribution is 0.0697. The van der Waals surface area contributed by atoms with E-state index < -0.39 is 5.97 Å². The molecule has 0 bridgehead atoms. The molecule has 0 amide bonds. The van der Waals surface area contributed by atoms with Crippen LogP contribution in [0.3, 0.4) is 0 Å². The summed E-state index contributed by atoms with van der Waals surface area (Å²) in [5.41, 5.74) is 4.88. The molecule has 104 valence electrons. The number of hydrogen-bond donors (Lipinski definition) is 1. The number of aromatic carboxylic acids is 1. The van der Waals surface area contributed by atoms with Gasteiger partial charge in [-0.1, -0.05) is 44.2 Å². The van der Waals surface area contributed by atoms with Gasteiger partial charge in [0, 0.05) is 0 Å². The van der Waals surface area contributed by atoms with Gasteiger partial charge >= 0.3 is 5.97 Å². The molecule has 0 saturated carbocycles. The van der Waals surface area contributed by atoms with Crippen molar-refractivity contribution < 1.29 is 9.90 Å². The Bertz CT molecular complexity index is 610. The highest BCUT2D eigenvalue weighted by atomic mass is 16.4. The maximum Gasteiger partial charge on any atom is 0.335 e. The first-order valence-electron chi connectivity index (χ1n) is 6.90. The zero-order valence-electron chi connectivity index (χ0n) is 12.2. The zero-order valence-corrected chi connectivity index (χ0v) is 12.2. The fraction of sp³-hybridized carbons (Fsp3) is 0.278. The van der Waals surface area contributed by atoms with Crippen molar-refractivity contribution in [1.29, 1.82) is 0 Å². The molecule has 0 aromatic heterocycles. The molecule has 0 saturated heterocycles. The van der Waals surface area contributed by atoms with Crippen LogP contribution in [-0.4, -0.2) is 11.1 Å². The third-order valence-electron chi connectivity index (χ3n) is 3.38. The molecule has 0 fully saturated rings. The van der Waals surface area contributed by atoms with E-state index >= 15 is 0 Å². The van der Waals surface area contributed by atoms with Crippen LogP contribution < -0.4 is 0 Å². The number of rotatable bonds is 4. The van der Waals surface area contributed by atoms with Crippen LogP contribution in [-0.2, 0) is 6.42 Å². The van der Waals surface area contributed by atoms with Crippen LogP contribution in [0.25, 0.3) is 11.1 Å². The summed E-state index contributed by atoms with van der Waals surface area (Å²) < 4.78 is 0. The molecule has 0 aliphatic rings. The largest absolute Gasteiger partial charge is 0.478 e. The molecular weight excluding hydrogens is 248 g/mol. The lowest BCUT2D eigenvalue weighted by atomic mass is 9.96. The quantitative estimate of drug-likeness (QED) is 0.882. The van der Waals surface area contributed by atoms with Gasteiger partial charge < -0.3 is 5.11 Å². The van der Waals surface area contributed by atoms with Crippen molar-refractivity contribution in [2.45, 2.75) is 27.2 Å². The summed E-state index contributed by atoms with van der Waals surface area (Å²) in [7, 11) is 0. The van der Waals surface area contributed by atoms with Crippen molar-refractivity contribution >= 4 is 5.97 Å². The minimum Gasteiger partial charge on any atom is -0.478 e. The van der Waals surface area contributed by atoms with Crippen LogP contribution in [0.4, 0.5) is 0 Å². The van der Waals surface area contributed by atoms with Gasteiger partial charge in [0.05, 0.1) is 5.56 Å². The highest BCUT2D eigenvalue weighted by molar-refractivity contribution is 5.89. The Balaban J connectivity index is 2.30. The fourth-order valence-electron chi connectivity index (χ4n) is 2.41. The molecule has 0 atom stereocenters. The molecule has 0 radical (unpaired) electrons. The second kappa shape index (κ2) is 5.91. The van der Waals surface area contributed by atoms with Crippen molar-refractivity contribution in [3.8, 4) is 11.1 Å². The molecule has 0 spiro atoms. The number of benzene rings is 2. The highest BCUT2D eigenvalue weighted by Gasteiger charge is 2.07. The van der Waals surface area contributed by atoms with Crippen molar-refractivity contribution in [2.24, 2.45) is 5.92 Å². The third kappa shape index (κ3) is 3.27. The second-order valence-electron chi connectivity index (χ2n) is 5.63. The molecule has 2 heteroatoms. The minimum atomic E-state index is -0.882. The summed E-state index contributed by atoms with van der Waals surface area (Å²) in [5, 5.41) is 8.99. The van der Waals surface area contributed by atoms with E-state index in [-0.39, 0.29) is 0 Å².